The molecule has 0 aliphatic rings. The standard InChI is InChI=1S/C10H10O5S/c1-7(11)8-2-4-9(5-3-8)16(14,15)6-10(12)13/h2-5H,6H2,1H3,(H,12,13)/p-1. The zero-order chi connectivity index (χ0) is 12.3. The number of carbonyl (C=O) groups excluding carboxylic acids is 2. The van der Waals surface area contributed by atoms with Crippen LogP contribution in [0.2, 0.25) is 0 Å². The molecule has 0 atom stereocenters. The molecule has 1 aromatic carbocycles. The van der Waals surface area contributed by atoms with Crippen LogP contribution in [0.5, 0.6) is 0 Å². The van der Waals surface area contributed by atoms with Crippen LogP contribution in [0.4, 0.5) is 0 Å². The first-order valence-electron chi connectivity index (χ1n) is 4.36. The second-order valence-corrected chi connectivity index (χ2v) is 5.20. The van der Waals surface area contributed by atoms with Crippen LogP contribution in [0.3, 0.4) is 0 Å². The zero-order valence-electron chi connectivity index (χ0n) is 8.47. The molecule has 0 aliphatic heterocycles. The normalized spacial score (nSPS) is 11.1. The molecule has 0 fully saturated rings. The molecule has 86 valence electrons. The smallest absolute Gasteiger partial charge is 0.183 e. The van der Waals surface area contributed by atoms with E-state index in [-0.39, 0.29) is 10.7 Å². The van der Waals surface area contributed by atoms with Crippen molar-refractivity contribution in [2.45, 2.75) is 11.8 Å². The minimum Gasteiger partial charge on any atom is -0.549 e. The highest BCUT2D eigenvalue weighted by Gasteiger charge is 2.14. The molecule has 0 aliphatic carbocycles. The van der Waals surface area contributed by atoms with Gasteiger partial charge in [0.2, 0.25) is 0 Å². The molecule has 0 amide bonds. The van der Waals surface area contributed by atoms with Gasteiger partial charge in [-0.2, -0.15) is 0 Å². The van der Waals surface area contributed by atoms with Gasteiger partial charge in [-0.1, -0.05) is 12.1 Å². The van der Waals surface area contributed by atoms with Crippen molar-refractivity contribution in [2.75, 3.05) is 5.75 Å². The van der Waals surface area contributed by atoms with E-state index >= 15 is 0 Å². The number of benzene rings is 1. The average molecular weight is 241 g/mol. The number of aliphatic carboxylic acids is 1. The van der Waals surface area contributed by atoms with Crippen molar-refractivity contribution in [3.63, 3.8) is 0 Å². The number of carboxylic acid groups (broad SMARTS) is 1. The molecule has 0 spiro atoms. The first-order chi connectivity index (χ1) is 7.33. The second kappa shape index (κ2) is 4.44. The van der Waals surface area contributed by atoms with Crippen LogP contribution in [0.25, 0.3) is 0 Å². The highest BCUT2D eigenvalue weighted by Crippen LogP contribution is 2.12. The lowest BCUT2D eigenvalue weighted by molar-refractivity contribution is -0.301. The van der Waals surface area contributed by atoms with Gasteiger partial charge in [-0.05, 0) is 19.1 Å². The summed E-state index contributed by atoms with van der Waals surface area (Å²) in [5, 5.41) is 10.2. The molecule has 5 nitrogen and oxygen atoms in total. The Kier molecular flexibility index (Phi) is 3.44. The van der Waals surface area contributed by atoms with Gasteiger partial charge in [-0.15, -0.1) is 0 Å². The Balaban J connectivity index is 3.07. The minimum absolute atomic E-state index is 0.137. The quantitative estimate of drug-likeness (QED) is 0.657. The lowest BCUT2D eigenvalue weighted by Crippen LogP contribution is -2.30. The number of sulfone groups is 1. The summed E-state index contributed by atoms with van der Waals surface area (Å²) in [5.41, 5.74) is 0.368. The predicted octanol–water partition coefficient (Wildman–Crippen LogP) is -0.587. The maximum atomic E-state index is 11.4. The summed E-state index contributed by atoms with van der Waals surface area (Å²) in [5.74, 6) is -2.91. The molecule has 0 unspecified atom stereocenters. The maximum Gasteiger partial charge on any atom is 0.183 e. The lowest BCUT2D eigenvalue weighted by Gasteiger charge is -2.05. The summed E-state index contributed by atoms with van der Waals surface area (Å²) >= 11 is 0. The highest BCUT2D eigenvalue weighted by molar-refractivity contribution is 7.92. The van der Waals surface area contributed by atoms with Gasteiger partial charge in [0.25, 0.3) is 0 Å². The van der Waals surface area contributed by atoms with Crippen LogP contribution in [-0.4, -0.2) is 25.9 Å². The Morgan fingerprint density at radius 3 is 2.06 bits per heavy atom. The fourth-order valence-corrected chi connectivity index (χ4v) is 2.16. The minimum atomic E-state index is -3.88. The number of ketones is 1. The zero-order valence-corrected chi connectivity index (χ0v) is 9.28. The van der Waals surface area contributed by atoms with Crippen molar-refractivity contribution < 1.29 is 23.1 Å². The van der Waals surface area contributed by atoms with Crippen molar-refractivity contribution >= 4 is 21.6 Å². The molecular formula is C10H9O5S-. The number of carboxylic acids is 1. The average Bonchev–Trinajstić information content (AvgIpc) is 2.16. The summed E-state index contributed by atoms with van der Waals surface area (Å²) in [7, 11) is -3.88. The van der Waals surface area contributed by atoms with Gasteiger partial charge in [0, 0.05) is 5.56 Å². The van der Waals surface area contributed by atoms with Crippen molar-refractivity contribution in [3.8, 4) is 0 Å². The first-order valence-corrected chi connectivity index (χ1v) is 6.02. The van der Waals surface area contributed by atoms with Crippen molar-refractivity contribution in [1.29, 1.82) is 0 Å². The van der Waals surface area contributed by atoms with E-state index in [1.54, 1.807) is 0 Å². The summed E-state index contributed by atoms with van der Waals surface area (Å²) in [6.45, 7) is 1.35. The molecular weight excluding hydrogens is 232 g/mol. The van der Waals surface area contributed by atoms with E-state index in [9.17, 15) is 23.1 Å². The fraction of sp³-hybridized carbons (Fsp3) is 0.200. The molecule has 0 saturated heterocycles. The van der Waals surface area contributed by atoms with Crippen LogP contribution in [0.1, 0.15) is 17.3 Å². The monoisotopic (exact) mass is 241 g/mol. The topological polar surface area (TPSA) is 91.3 Å². The third kappa shape index (κ3) is 2.90. The number of Topliss-reactive ketones (excluding diaryl/α,β-unsaturated/α-hetero) is 1. The van der Waals surface area contributed by atoms with Gasteiger partial charge in [-0.3, -0.25) is 4.79 Å². The molecule has 0 bridgehead atoms. The van der Waals surface area contributed by atoms with Crippen LogP contribution < -0.4 is 5.11 Å². The van der Waals surface area contributed by atoms with Crippen LogP contribution in [0.15, 0.2) is 29.2 Å². The van der Waals surface area contributed by atoms with Crippen molar-refractivity contribution in [2.24, 2.45) is 0 Å². The molecule has 0 radical (unpaired) electrons. The number of rotatable bonds is 4. The molecule has 1 rings (SSSR count). The Hall–Kier alpha value is -1.69. The number of hydrogen-bond acceptors (Lipinski definition) is 5. The molecule has 0 saturated carbocycles. The van der Waals surface area contributed by atoms with E-state index in [1.807, 2.05) is 0 Å². The van der Waals surface area contributed by atoms with Gasteiger partial charge < -0.3 is 9.90 Å². The van der Waals surface area contributed by atoms with E-state index in [0.29, 0.717) is 5.56 Å². The first kappa shape index (κ1) is 12.4. The Bertz CT molecular complexity index is 513. The molecule has 1 aromatic rings. The molecule has 16 heavy (non-hydrogen) atoms. The lowest BCUT2D eigenvalue weighted by atomic mass is 10.2. The molecule has 0 heterocycles. The van der Waals surface area contributed by atoms with E-state index in [4.69, 9.17) is 0 Å². The summed E-state index contributed by atoms with van der Waals surface area (Å²) < 4.78 is 22.8. The van der Waals surface area contributed by atoms with Gasteiger partial charge in [0.15, 0.2) is 15.6 Å². The molecule has 6 heteroatoms. The third-order valence-corrected chi connectivity index (χ3v) is 3.53. The summed E-state index contributed by atoms with van der Waals surface area (Å²) in [6, 6.07) is 5.08. The summed E-state index contributed by atoms with van der Waals surface area (Å²) in [6.07, 6.45) is 0. The van der Waals surface area contributed by atoms with Crippen LogP contribution in [0, 0.1) is 0 Å². The van der Waals surface area contributed by atoms with Gasteiger partial charge in [0.1, 0.15) is 0 Å². The summed E-state index contributed by atoms with van der Waals surface area (Å²) in [4.78, 5) is 21.0. The van der Waals surface area contributed by atoms with E-state index in [2.05, 4.69) is 0 Å². The van der Waals surface area contributed by atoms with Gasteiger partial charge >= 0.3 is 0 Å². The second-order valence-electron chi connectivity index (χ2n) is 3.21. The van der Waals surface area contributed by atoms with Gasteiger partial charge in [0.05, 0.1) is 16.6 Å². The predicted molar refractivity (Wildman–Crippen MR) is 53.5 cm³/mol. The van der Waals surface area contributed by atoms with E-state index in [1.165, 1.54) is 31.2 Å². The fourth-order valence-electron chi connectivity index (χ4n) is 1.14. The SMILES string of the molecule is CC(=O)c1ccc(S(=O)(=O)CC(=O)[O-])cc1. The Morgan fingerprint density at radius 2 is 1.69 bits per heavy atom. The number of hydrogen-bond donors (Lipinski definition) is 0. The van der Waals surface area contributed by atoms with Crippen LogP contribution >= 0.6 is 0 Å². The van der Waals surface area contributed by atoms with Crippen molar-refractivity contribution in [3.05, 3.63) is 29.8 Å². The largest absolute Gasteiger partial charge is 0.549 e. The van der Waals surface area contributed by atoms with Crippen molar-refractivity contribution in [1.82, 2.24) is 0 Å². The van der Waals surface area contributed by atoms with E-state index < -0.39 is 21.6 Å². The molecule has 0 aromatic heterocycles. The van der Waals surface area contributed by atoms with Gasteiger partial charge in [-0.25, -0.2) is 8.42 Å². The Labute approximate surface area is 92.6 Å². The maximum absolute atomic E-state index is 11.4. The third-order valence-electron chi connectivity index (χ3n) is 1.93. The Morgan fingerprint density at radius 1 is 1.19 bits per heavy atom. The van der Waals surface area contributed by atoms with E-state index in [0.717, 1.165) is 0 Å². The molecule has 0 N–H and O–H groups in total. The number of carbonyl (C=O) groups is 2. The highest BCUT2D eigenvalue weighted by atomic mass is 32.2. The van der Waals surface area contributed by atoms with Crippen LogP contribution in [-0.2, 0) is 14.6 Å².